The topological polar surface area (TPSA) is 382 Å². The summed E-state index contributed by atoms with van der Waals surface area (Å²) in [5.41, 5.74) is 0.465. The quantitative estimate of drug-likeness (QED) is 0.173. The van der Waals surface area contributed by atoms with Crippen molar-refractivity contribution in [2.45, 2.75) is 0 Å². The van der Waals surface area contributed by atoms with Crippen molar-refractivity contribution in [3.8, 4) is 6.07 Å². The number of aromatic nitrogens is 1. The van der Waals surface area contributed by atoms with Gasteiger partial charge in [0, 0.05) is 6.20 Å². The maximum Gasteiger partial charge on any atom is 4.00 e. The zero-order chi connectivity index (χ0) is 23.8. The van der Waals surface area contributed by atoms with E-state index in [0.29, 0.717) is 5.69 Å². The van der Waals surface area contributed by atoms with Crippen molar-refractivity contribution in [1.82, 2.24) is 4.98 Å². The smallest absolute Gasteiger partial charge is 0.822 e. The van der Waals surface area contributed by atoms with Gasteiger partial charge in [-0.1, -0.05) is 6.07 Å². The molecule has 0 fully saturated rings. The molecule has 1 heterocycles. The van der Waals surface area contributed by atoms with Crippen molar-refractivity contribution in [2.24, 2.45) is 0 Å². The zero-order valence-corrected chi connectivity index (χ0v) is 26.2. The molecular formula is C6H4N2O16P4Sn3. The molecule has 0 saturated heterocycles. The summed E-state index contributed by atoms with van der Waals surface area (Å²) < 4.78 is 34.2. The van der Waals surface area contributed by atoms with E-state index in [1.54, 1.807) is 24.4 Å². The third kappa shape index (κ3) is 208. The minimum absolute atomic E-state index is 0. The van der Waals surface area contributed by atoms with Gasteiger partial charge in [-0.2, -0.15) is 36.6 Å². The van der Waals surface area contributed by atoms with Crippen LogP contribution in [0.2, 0.25) is 0 Å². The van der Waals surface area contributed by atoms with E-state index < -0.39 is 31.3 Å². The van der Waals surface area contributed by atoms with E-state index in [1.807, 2.05) is 6.07 Å². The molecule has 0 saturated carbocycles. The van der Waals surface area contributed by atoms with Crippen LogP contribution in [0, 0.1) is 11.3 Å². The van der Waals surface area contributed by atoms with Gasteiger partial charge in [-0.25, -0.2) is 4.98 Å². The Kier molecular flexibility index (Phi) is 39.3. The number of nitriles is 1. The summed E-state index contributed by atoms with van der Waals surface area (Å²) >= 11 is 0. The van der Waals surface area contributed by atoms with Gasteiger partial charge in [-0.15, -0.1) is 0 Å². The Hall–Kier alpha value is 1.48. The fourth-order valence-corrected chi connectivity index (χ4v) is 0.429. The molecule has 166 valence electrons. The van der Waals surface area contributed by atoms with Crippen LogP contribution in [0.15, 0.2) is 24.4 Å². The van der Waals surface area contributed by atoms with E-state index >= 15 is 0 Å². The fourth-order valence-electron chi connectivity index (χ4n) is 0.429. The third-order valence-electron chi connectivity index (χ3n) is 0.779. The summed E-state index contributed by atoms with van der Waals surface area (Å²) in [7, 11) is -21.6. The van der Waals surface area contributed by atoms with Gasteiger partial charge in [0.15, 0.2) is 0 Å². The largest absolute Gasteiger partial charge is 4.00 e. The van der Waals surface area contributed by atoms with Gasteiger partial charge in [0.2, 0.25) is 0 Å². The van der Waals surface area contributed by atoms with E-state index in [1.165, 1.54) is 0 Å². The number of hydrogen-bond donors (Lipinski definition) is 0. The van der Waals surface area contributed by atoms with Crippen molar-refractivity contribution in [3.63, 3.8) is 0 Å². The number of nitrogens with zero attached hydrogens (tertiary/aromatic N) is 2. The summed E-state index contributed by atoms with van der Waals surface area (Å²) in [5.74, 6) is 0. The Balaban J connectivity index is -0.0000000462. The number of rotatable bonds is 0. The standard InChI is InChI=1S/C6H4N2.4H3O4P.3Sn/c7-5-6-3-1-2-4-8-6;4*1-5(2,3)4;;;/h1-4H;4*(H3,1,2,3,4);;;/q;;;;;3*+4/p-12. The first-order valence-electron chi connectivity index (χ1n) is 5.17. The van der Waals surface area contributed by atoms with Crippen LogP contribution in [0.25, 0.3) is 0 Å². The minimum Gasteiger partial charge on any atom is -0.822 e. The molecule has 0 aliphatic carbocycles. The summed E-state index contributed by atoms with van der Waals surface area (Å²) in [6, 6.07) is 7.14. The molecule has 18 nitrogen and oxygen atoms in total. The first-order valence-corrected chi connectivity index (χ1v) is 11.0. The predicted molar refractivity (Wildman–Crippen MR) is 76.6 cm³/mol. The first-order chi connectivity index (χ1) is 11.9. The second-order valence-corrected chi connectivity index (χ2v) is 6.69. The fraction of sp³-hybridized carbons (Fsp3) is 0. The van der Waals surface area contributed by atoms with Crippen LogP contribution < -0.4 is 58.7 Å². The van der Waals surface area contributed by atoms with Crippen molar-refractivity contribution in [2.75, 3.05) is 0 Å². The van der Waals surface area contributed by atoms with Gasteiger partial charge in [-0.3, -0.25) is 0 Å². The van der Waals surface area contributed by atoms with E-state index in [4.69, 9.17) is 82.2 Å². The molecule has 0 unspecified atom stereocenters. The van der Waals surface area contributed by atoms with Gasteiger partial charge in [-0.05, 0) is 12.1 Å². The maximum absolute atomic E-state index is 8.55. The van der Waals surface area contributed by atoms with E-state index in [0.717, 1.165) is 0 Å². The average Bonchev–Trinajstić information content (AvgIpc) is 2.31. The Labute approximate surface area is 224 Å². The van der Waals surface area contributed by atoms with Crippen LogP contribution in [0.3, 0.4) is 0 Å². The Morgan fingerprint density at radius 3 is 0.935 bits per heavy atom. The van der Waals surface area contributed by atoms with Crippen molar-refractivity contribution in [3.05, 3.63) is 30.1 Å². The van der Waals surface area contributed by atoms with Gasteiger partial charge in [0.1, 0.15) is 11.8 Å². The summed E-state index contributed by atoms with van der Waals surface area (Å²) in [5, 5.41) is 8.23. The molecule has 0 amide bonds. The second kappa shape index (κ2) is 24.6. The molecular weight excluding hydrogens is 836 g/mol. The third-order valence-corrected chi connectivity index (χ3v) is 0.779. The van der Waals surface area contributed by atoms with Crippen LogP contribution in [-0.2, 0) is 18.3 Å². The summed E-state index contributed by atoms with van der Waals surface area (Å²) in [6.45, 7) is 0. The van der Waals surface area contributed by atoms with Gasteiger partial charge < -0.3 is 77.0 Å². The monoisotopic (exact) mass is 844 g/mol. The van der Waals surface area contributed by atoms with Crippen LogP contribution in [-0.4, -0.2) is 76.7 Å². The normalized spacial score (nSPS) is 9.65. The van der Waals surface area contributed by atoms with Crippen LogP contribution in [0.1, 0.15) is 5.69 Å². The van der Waals surface area contributed by atoms with Crippen molar-refractivity contribution >= 4 is 103 Å². The molecule has 0 bridgehead atoms. The number of hydrogen-bond acceptors (Lipinski definition) is 18. The van der Waals surface area contributed by atoms with E-state index in [9.17, 15) is 0 Å². The summed E-state index contributed by atoms with van der Waals surface area (Å²) in [6.07, 6.45) is 1.60. The maximum atomic E-state index is 8.55. The van der Waals surface area contributed by atoms with Crippen LogP contribution >= 0.6 is 31.3 Å². The molecule has 0 atom stereocenters. The molecule has 0 spiro atoms. The molecule has 1 aromatic rings. The molecule has 31 heavy (non-hydrogen) atoms. The second-order valence-electron chi connectivity index (χ2n) is 3.12. The van der Waals surface area contributed by atoms with Gasteiger partial charge in [0.25, 0.3) is 0 Å². The molecule has 0 N–H and O–H groups in total. The van der Waals surface area contributed by atoms with Crippen molar-refractivity contribution < 1.29 is 77.0 Å². The van der Waals surface area contributed by atoms with Crippen LogP contribution in [0.5, 0.6) is 0 Å². The average molecular weight is 840 g/mol. The molecule has 0 aliphatic heterocycles. The van der Waals surface area contributed by atoms with Gasteiger partial charge in [0.05, 0.1) is 0 Å². The number of pyridine rings is 1. The Morgan fingerprint density at radius 1 is 0.613 bits per heavy atom. The van der Waals surface area contributed by atoms with Crippen molar-refractivity contribution in [1.29, 1.82) is 5.26 Å². The van der Waals surface area contributed by atoms with Crippen LogP contribution in [0.4, 0.5) is 0 Å². The molecule has 25 heteroatoms. The SMILES string of the molecule is N#Cc1ccccn1.O=P([O-])([O-])[O-].O=P([O-])([O-])[O-].O=P([O-])([O-])[O-].O=P([O-])([O-])[O-].[Sn+4].[Sn+4].[Sn+4]. The Morgan fingerprint density at radius 2 is 0.839 bits per heavy atom. The Bertz CT molecular complexity index is 639. The van der Waals surface area contributed by atoms with E-state index in [2.05, 4.69) is 4.98 Å². The van der Waals surface area contributed by atoms with E-state index in [-0.39, 0.29) is 71.7 Å². The molecule has 0 radical (unpaired) electrons. The first kappa shape index (κ1) is 49.6. The number of phosphoric acid groups is 4. The zero-order valence-electron chi connectivity index (χ0n) is 14.0. The molecule has 0 aromatic carbocycles. The minimum atomic E-state index is -5.39. The molecule has 0 aliphatic rings. The predicted octanol–water partition coefficient (Wildman–Crippen LogP) is -11.5. The molecule has 1 aromatic heterocycles. The molecule has 1 rings (SSSR count). The summed E-state index contributed by atoms with van der Waals surface area (Å²) in [4.78, 5) is 106. The van der Waals surface area contributed by atoms with Gasteiger partial charge >= 0.3 is 71.7 Å².